The molecule has 0 heterocycles. The van der Waals surface area contributed by atoms with Gasteiger partial charge in [-0.1, -0.05) is 63.3 Å². The number of rotatable bonds is 12. The summed E-state index contributed by atoms with van der Waals surface area (Å²) in [6, 6.07) is 15.5. The lowest BCUT2D eigenvalue weighted by atomic mass is 10.1. The van der Waals surface area contributed by atoms with E-state index in [9.17, 15) is 4.79 Å². The highest BCUT2D eigenvalue weighted by atomic mass is 16.5. The Balaban J connectivity index is 1.80. The summed E-state index contributed by atoms with van der Waals surface area (Å²) in [7, 11) is 0. The summed E-state index contributed by atoms with van der Waals surface area (Å²) in [6.07, 6.45) is 6.69. The van der Waals surface area contributed by atoms with Gasteiger partial charge < -0.3 is 14.6 Å². The summed E-state index contributed by atoms with van der Waals surface area (Å²) in [5.74, 6) is 0.464. The van der Waals surface area contributed by atoms with E-state index in [0.29, 0.717) is 5.75 Å². The molecule has 0 saturated carbocycles. The molecule has 0 radical (unpaired) electrons. The number of carbonyl (C=O) groups is 1. The van der Waals surface area contributed by atoms with Crippen LogP contribution in [0.25, 0.3) is 11.1 Å². The summed E-state index contributed by atoms with van der Waals surface area (Å²) in [4.78, 5) is 10.8. The molecule has 1 atom stereocenters. The maximum absolute atomic E-state index is 10.8. The van der Waals surface area contributed by atoms with Crippen LogP contribution in [0.2, 0.25) is 0 Å². The first-order valence-electron chi connectivity index (χ1n) is 9.83. The van der Waals surface area contributed by atoms with Gasteiger partial charge in [0.1, 0.15) is 11.5 Å². The largest absolute Gasteiger partial charge is 0.494 e. The molecule has 0 spiro atoms. The number of ether oxygens (including phenoxy) is 2. The first kappa shape index (κ1) is 20.8. The number of hydrogen-bond donors (Lipinski definition) is 1. The first-order chi connectivity index (χ1) is 13.1. The van der Waals surface area contributed by atoms with Gasteiger partial charge in [-0.3, -0.25) is 0 Å². The standard InChI is InChI=1S/C23H30O4/c1-3-4-5-6-7-8-17-26-21-13-9-19(10-14-21)20-11-15-22(16-12-20)27-18(2)23(24)25/h9-16,18H,3-8,17H2,1-2H3,(H,24,25). The Labute approximate surface area is 162 Å². The quantitative estimate of drug-likeness (QED) is 0.469. The van der Waals surface area contributed by atoms with Crippen molar-refractivity contribution < 1.29 is 19.4 Å². The van der Waals surface area contributed by atoms with Gasteiger partial charge in [0.2, 0.25) is 0 Å². The third-order valence-corrected chi connectivity index (χ3v) is 4.47. The third-order valence-electron chi connectivity index (χ3n) is 4.47. The highest BCUT2D eigenvalue weighted by Crippen LogP contribution is 2.25. The second kappa shape index (κ2) is 11.3. The van der Waals surface area contributed by atoms with E-state index in [-0.39, 0.29) is 0 Å². The first-order valence-corrected chi connectivity index (χ1v) is 9.83. The molecule has 146 valence electrons. The van der Waals surface area contributed by atoms with Gasteiger partial charge in [-0.15, -0.1) is 0 Å². The zero-order valence-electron chi connectivity index (χ0n) is 16.3. The Morgan fingerprint density at radius 2 is 1.37 bits per heavy atom. The summed E-state index contributed by atoms with van der Waals surface area (Å²) in [6.45, 7) is 4.51. The van der Waals surface area contributed by atoms with Crippen LogP contribution in [0.3, 0.4) is 0 Å². The SMILES string of the molecule is CCCCCCCCOc1ccc(-c2ccc(OC(C)C(=O)O)cc2)cc1. The Bertz CT molecular complexity index is 677. The molecule has 2 rings (SSSR count). The van der Waals surface area contributed by atoms with Crippen LogP contribution < -0.4 is 9.47 Å². The summed E-state index contributed by atoms with van der Waals surface area (Å²) in [5.41, 5.74) is 2.13. The van der Waals surface area contributed by atoms with Gasteiger partial charge >= 0.3 is 5.97 Å². The topological polar surface area (TPSA) is 55.8 Å². The smallest absolute Gasteiger partial charge is 0.344 e. The van der Waals surface area contributed by atoms with Crippen molar-refractivity contribution in [2.75, 3.05) is 6.61 Å². The lowest BCUT2D eigenvalue weighted by molar-refractivity contribution is -0.144. The van der Waals surface area contributed by atoms with Gasteiger partial charge in [0.15, 0.2) is 6.10 Å². The van der Waals surface area contributed by atoms with E-state index < -0.39 is 12.1 Å². The van der Waals surface area contributed by atoms with Crippen molar-refractivity contribution in [3.63, 3.8) is 0 Å². The monoisotopic (exact) mass is 370 g/mol. The van der Waals surface area contributed by atoms with Crippen LogP contribution in [0.15, 0.2) is 48.5 Å². The van der Waals surface area contributed by atoms with E-state index in [0.717, 1.165) is 29.9 Å². The predicted molar refractivity (Wildman–Crippen MR) is 108 cm³/mol. The number of unbranched alkanes of at least 4 members (excludes halogenated alkanes) is 5. The molecule has 2 aromatic rings. The molecule has 1 N–H and O–H groups in total. The molecule has 0 aliphatic heterocycles. The van der Waals surface area contributed by atoms with Crippen LogP contribution in [0.5, 0.6) is 11.5 Å². The fourth-order valence-corrected chi connectivity index (χ4v) is 2.80. The van der Waals surface area contributed by atoms with E-state index in [1.807, 2.05) is 36.4 Å². The normalized spacial score (nSPS) is 11.8. The average Bonchev–Trinajstić information content (AvgIpc) is 2.68. The molecule has 27 heavy (non-hydrogen) atoms. The number of carboxylic acid groups (broad SMARTS) is 1. The van der Waals surface area contributed by atoms with Gasteiger partial charge in [0.25, 0.3) is 0 Å². The Morgan fingerprint density at radius 1 is 0.852 bits per heavy atom. The summed E-state index contributed by atoms with van der Waals surface area (Å²) < 4.78 is 11.2. The highest BCUT2D eigenvalue weighted by molar-refractivity contribution is 5.72. The number of benzene rings is 2. The molecule has 2 aromatic carbocycles. The Morgan fingerprint density at radius 3 is 1.93 bits per heavy atom. The van der Waals surface area contributed by atoms with Crippen molar-refractivity contribution in [3.05, 3.63) is 48.5 Å². The molecule has 0 aliphatic carbocycles. The minimum atomic E-state index is -0.976. The van der Waals surface area contributed by atoms with Crippen molar-refractivity contribution in [3.8, 4) is 22.6 Å². The molecule has 0 aliphatic rings. The van der Waals surface area contributed by atoms with E-state index in [1.165, 1.54) is 39.0 Å². The lowest BCUT2D eigenvalue weighted by Crippen LogP contribution is -2.22. The molecule has 4 heteroatoms. The Kier molecular flexibility index (Phi) is 8.69. The van der Waals surface area contributed by atoms with E-state index in [1.54, 1.807) is 12.1 Å². The minimum Gasteiger partial charge on any atom is -0.494 e. The minimum absolute atomic E-state index is 0.549. The summed E-state index contributed by atoms with van der Waals surface area (Å²) in [5, 5.41) is 8.89. The third kappa shape index (κ3) is 7.33. The molecule has 0 bridgehead atoms. The van der Waals surface area contributed by atoms with Gasteiger partial charge in [0.05, 0.1) is 6.61 Å². The molecule has 4 nitrogen and oxygen atoms in total. The van der Waals surface area contributed by atoms with E-state index in [2.05, 4.69) is 6.92 Å². The van der Waals surface area contributed by atoms with Gasteiger partial charge in [-0.25, -0.2) is 4.79 Å². The Hall–Kier alpha value is -2.49. The zero-order valence-corrected chi connectivity index (χ0v) is 16.3. The van der Waals surface area contributed by atoms with Crippen molar-refractivity contribution in [2.24, 2.45) is 0 Å². The molecule has 0 saturated heterocycles. The van der Waals surface area contributed by atoms with Crippen molar-refractivity contribution >= 4 is 5.97 Å². The van der Waals surface area contributed by atoms with Crippen LogP contribution in [0, 0.1) is 0 Å². The van der Waals surface area contributed by atoms with E-state index >= 15 is 0 Å². The van der Waals surface area contributed by atoms with Crippen molar-refractivity contribution in [1.82, 2.24) is 0 Å². The molecule has 0 aromatic heterocycles. The molecule has 0 amide bonds. The molecule has 0 fully saturated rings. The van der Waals surface area contributed by atoms with Gasteiger partial charge in [0, 0.05) is 0 Å². The molecular formula is C23H30O4. The van der Waals surface area contributed by atoms with Crippen LogP contribution >= 0.6 is 0 Å². The van der Waals surface area contributed by atoms with Crippen LogP contribution in [-0.4, -0.2) is 23.8 Å². The average molecular weight is 370 g/mol. The highest BCUT2D eigenvalue weighted by Gasteiger charge is 2.12. The van der Waals surface area contributed by atoms with Gasteiger partial charge in [-0.2, -0.15) is 0 Å². The molecular weight excluding hydrogens is 340 g/mol. The maximum Gasteiger partial charge on any atom is 0.344 e. The fraction of sp³-hybridized carbons (Fsp3) is 0.435. The van der Waals surface area contributed by atoms with E-state index in [4.69, 9.17) is 14.6 Å². The zero-order chi connectivity index (χ0) is 19.5. The maximum atomic E-state index is 10.8. The number of carboxylic acids is 1. The van der Waals surface area contributed by atoms with Crippen LogP contribution in [-0.2, 0) is 4.79 Å². The summed E-state index contributed by atoms with van der Waals surface area (Å²) >= 11 is 0. The van der Waals surface area contributed by atoms with Crippen LogP contribution in [0.1, 0.15) is 52.4 Å². The number of hydrogen-bond acceptors (Lipinski definition) is 3. The van der Waals surface area contributed by atoms with Crippen molar-refractivity contribution in [1.29, 1.82) is 0 Å². The number of aliphatic carboxylic acids is 1. The van der Waals surface area contributed by atoms with Gasteiger partial charge in [-0.05, 0) is 48.7 Å². The molecule has 1 unspecified atom stereocenters. The van der Waals surface area contributed by atoms with Crippen LogP contribution in [0.4, 0.5) is 0 Å². The lowest BCUT2D eigenvalue weighted by Gasteiger charge is -2.11. The second-order valence-electron chi connectivity index (χ2n) is 6.76. The predicted octanol–water partition coefficient (Wildman–Crippen LogP) is 5.94. The fourth-order valence-electron chi connectivity index (χ4n) is 2.80. The second-order valence-corrected chi connectivity index (χ2v) is 6.76. The van der Waals surface area contributed by atoms with Crippen molar-refractivity contribution in [2.45, 2.75) is 58.5 Å².